The van der Waals surface area contributed by atoms with Crippen LogP contribution in [0.3, 0.4) is 0 Å². The first-order chi connectivity index (χ1) is 20.3. The molecule has 0 aliphatic carbocycles. The standard InChI is InChI=1S/C39H24N2/c1-2-9-26-20-31(17-16-25(26)8-1)27-12-7-13-28(21-27)32-18-19-37-34(23-32)33-22-29-10-3-4-11-30(29)24-35(33)39-40-36-14-5-6-15-38(36)41(37)39/h1-24H. The summed E-state index contributed by atoms with van der Waals surface area (Å²) >= 11 is 0. The van der Waals surface area contributed by atoms with E-state index in [-0.39, 0.29) is 0 Å². The Bertz CT molecular complexity index is 2480. The normalized spacial score (nSPS) is 11.9. The lowest BCUT2D eigenvalue weighted by molar-refractivity contribution is 1.32. The molecule has 7 aromatic carbocycles. The average molecular weight is 521 g/mol. The molecule has 9 aromatic rings. The van der Waals surface area contributed by atoms with Crippen molar-refractivity contribution in [1.82, 2.24) is 9.38 Å². The van der Waals surface area contributed by atoms with E-state index in [1.54, 1.807) is 0 Å². The number of aromatic nitrogens is 2. The van der Waals surface area contributed by atoms with Gasteiger partial charge in [0.2, 0.25) is 0 Å². The summed E-state index contributed by atoms with van der Waals surface area (Å²) in [6.45, 7) is 0. The zero-order chi connectivity index (χ0) is 26.9. The largest absolute Gasteiger partial charge is 0.292 e. The van der Waals surface area contributed by atoms with Crippen LogP contribution in [0.5, 0.6) is 0 Å². The lowest BCUT2D eigenvalue weighted by Gasteiger charge is -2.13. The van der Waals surface area contributed by atoms with E-state index in [0.717, 1.165) is 16.7 Å². The van der Waals surface area contributed by atoms with Crippen molar-refractivity contribution in [3.8, 4) is 22.3 Å². The van der Waals surface area contributed by atoms with Crippen molar-refractivity contribution in [2.24, 2.45) is 0 Å². The zero-order valence-electron chi connectivity index (χ0n) is 22.3. The van der Waals surface area contributed by atoms with Crippen molar-refractivity contribution in [3.63, 3.8) is 0 Å². The maximum atomic E-state index is 5.11. The zero-order valence-corrected chi connectivity index (χ0v) is 22.3. The van der Waals surface area contributed by atoms with Crippen LogP contribution in [0, 0.1) is 0 Å². The Labute approximate surface area is 236 Å². The number of fused-ring (bicyclic) bond motifs is 10. The molecule has 0 aliphatic rings. The van der Waals surface area contributed by atoms with Gasteiger partial charge >= 0.3 is 0 Å². The van der Waals surface area contributed by atoms with Crippen molar-refractivity contribution >= 4 is 59.9 Å². The first-order valence-corrected chi connectivity index (χ1v) is 14.1. The SMILES string of the molecule is c1cc(-c2ccc3ccccc3c2)cc(-c2ccc3c(c2)c2cc4ccccc4cc2c2nc4ccccc4n32)c1. The van der Waals surface area contributed by atoms with Gasteiger partial charge in [-0.05, 0) is 97.7 Å². The van der Waals surface area contributed by atoms with E-state index in [1.165, 1.54) is 65.5 Å². The van der Waals surface area contributed by atoms with Crippen LogP contribution in [0.2, 0.25) is 0 Å². The van der Waals surface area contributed by atoms with Gasteiger partial charge in [0.15, 0.2) is 0 Å². The first kappa shape index (κ1) is 22.4. The van der Waals surface area contributed by atoms with Crippen molar-refractivity contribution in [2.75, 3.05) is 0 Å². The Morgan fingerprint density at radius 2 is 0.976 bits per heavy atom. The van der Waals surface area contributed by atoms with E-state index < -0.39 is 0 Å². The lowest BCUT2D eigenvalue weighted by atomic mass is 9.95. The highest BCUT2D eigenvalue weighted by atomic mass is 15.0. The molecule has 0 fully saturated rings. The van der Waals surface area contributed by atoms with Crippen LogP contribution >= 0.6 is 0 Å². The van der Waals surface area contributed by atoms with Gasteiger partial charge in [0.05, 0.1) is 16.6 Å². The third-order valence-corrected chi connectivity index (χ3v) is 8.49. The van der Waals surface area contributed by atoms with Gasteiger partial charge in [0.1, 0.15) is 5.65 Å². The van der Waals surface area contributed by atoms with Gasteiger partial charge in [-0.15, -0.1) is 0 Å². The molecule has 0 unspecified atom stereocenters. The van der Waals surface area contributed by atoms with E-state index in [0.29, 0.717) is 0 Å². The van der Waals surface area contributed by atoms with Crippen LogP contribution in [0.1, 0.15) is 0 Å². The molecule has 9 rings (SSSR count). The molecule has 2 aromatic heterocycles. The minimum absolute atomic E-state index is 1.01. The van der Waals surface area contributed by atoms with Gasteiger partial charge in [0, 0.05) is 10.8 Å². The summed E-state index contributed by atoms with van der Waals surface area (Å²) in [6.07, 6.45) is 0. The number of para-hydroxylation sites is 2. The van der Waals surface area contributed by atoms with Crippen LogP contribution in [0.25, 0.3) is 82.2 Å². The van der Waals surface area contributed by atoms with Gasteiger partial charge in [-0.3, -0.25) is 4.40 Å². The number of rotatable bonds is 2. The van der Waals surface area contributed by atoms with Crippen LogP contribution in [-0.2, 0) is 0 Å². The molecule has 0 aliphatic heterocycles. The Kier molecular flexibility index (Phi) is 4.64. The molecular weight excluding hydrogens is 496 g/mol. The minimum Gasteiger partial charge on any atom is -0.292 e. The molecule has 0 saturated carbocycles. The number of nitrogens with zero attached hydrogens (tertiary/aromatic N) is 2. The molecule has 190 valence electrons. The van der Waals surface area contributed by atoms with Crippen molar-refractivity contribution < 1.29 is 0 Å². The number of imidazole rings is 1. The summed E-state index contributed by atoms with van der Waals surface area (Å²) in [5, 5.41) is 8.63. The molecule has 0 amide bonds. The lowest BCUT2D eigenvalue weighted by Crippen LogP contribution is -1.93. The maximum absolute atomic E-state index is 5.11. The van der Waals surface area contributed by atoms with Crippen molar-refractivity contribution in [1.29, 1.82) is 0 Å². The summed E-state index contributed by atoms with van der Waals surface area (Å²) in [4.78, 5) is 5.11. The highest BCUT2D eigenvalue weighted by Gasteiger charge is 2.15. The molecule has 41 heavy (non-hydrogen) atoms. The molecule has 0 spiro atoms. The summed E-state index contributed by atoms with van der Waals surface area (Å²) in [5.74, 6) is 0. The molecule has 0 radical (unpaired) electrons. The molecule has 0 saturated heterocycles. The Hall–Kier alpha value is -5.47. The quantitative estimate of drug-likeness (QED) is 0.164. The second kappa shape index (κ2) is 8.51. The predicted molar refractivity (Wildman–Crippen MR) is 174 cm³/mol. The summed E-state index contributed by atoms with van der Waals surface area (Å²) in [6, 6.07) is 52.7. The molecule has 2 nitrogen and oxygen atoms in total. The summed E-state index contributed by atoms with van der Waals surface area (Å²) < 4.78 is 2.33. The number of pyridine rings is 1. The van der Waals surface area contributed by atoms with Crippen molar-refractivity contribution in [3.05, 3.63) is 146 Å². The summed E-state index contributed by atoms with van der Waals surface area (Å²) in [5.41, 5.74) is 9.20. The smallest absolute Gasteiger partial charge is 0.146 e. The van der Waals surface area contributed by atoms with Gasteiger partial charge in [-0.25, -0.2) is 4.98 Å². The van der Waals surface area contributed by atoms with Crippen LogP contribution in [0.15, 0.2) is 146 Å². The predicted octanol–water partition coefficient (Wildman–Crippen LogP) is 10.4. The average Bonchev–Trinajstić information content (AvgIpc) is 3.44. The van der Waals surface area contributed by atoms with Crippen molar-refractivity contribution in [2.45, 2.75) is 0 Å². The third kappa shape index (κ3) is 3.41. The minimum atomic E-state index is 1.01. The van der Waals surface area contributed by atoms with Gasteiger partial charge in [0.25, 0.3) is 0 Å². The van der Waals surface area contributed by atoms with E-state index >= 15 is 0 Å². The number of hydrogen-bond acceptors (Lipinski definition) is 1. The summed E-state index contributed by atoms with van der Waals surface area (Å²) in [7, 11) is 0. The van der Waals surface area contributed by atoms with E-state index in [2.05, 4.69) is 150 Å². The molecule has 2 heteroatoms. The maximum Gasteiger partial charge on any atom is 0.146 e. The van der Waals surface area contributed by atoms with Gasteiger partial charge in [-0.2, -0.15) is 0 Å². The van der Waals surface area contributed by atoms with Crippen LogP contribution in [0.4, 0.5) is 0 Å². The highest BCUT2D eigenvalue weighted by Crippen LogP contribution is 2.37. The van der Waals surface area contributed by atoms with Crippen LogP contribution in [-0.4, -0.2) is 9.38 Å². The number of hydrogen-bond donors (Lipinski definition) is 0. The second-order valence-corrected chi connectivity index (χ2v) is 10.9. The van der Waals surface area contributed by atoms with E-state index in [4.69, 9.17) is 4.98 Å². The molecular formula is C39H24N2. The van der Waals surface area contributed by atoms with Gasteiger partial charge in [-0.1, -0.05) is 97.1 Å². The molecule has 2 heterocycles. The second-order valence-electron chi connectivity index (χ2n) is 10.9. The van der Waals surface area contributed by atoms with Gasteiger partial charge < -0.3 is 0 Å². The fraction of sp³-hybridized carbons (Fsp3) is 0. The molecule has 0 N–H and O–H groups in total. The highest BCUT2D eigenvalue weighted by molar-refractivity contribution is 6.18. The first-order valence-electron chi connectivity index (χ1n) is 14.1. The monoisotopic (exact) mass is 520 g/mol. The molecule has 0 atom stereocenters. The number of benzene rings is 7. The Morgan fingerprint density at radius 3 is 1.78 bits per heavy atom. The fourth-order valence-corrected chi connectivity index (χ4v) is 6.47. The van der Waals surface area contributed by atoms with E-state index in [1.807, 2.05) is 0 Å². The Balaban J connectivity index is 1.31. The van der Waals surface area contributed by atoms with Crippen LogP contribution < -0.4 is 0 Å². The Morgan fingerprint density at radius 1 is 0.366 bits per heavy atom. The topological polar surface area (TPSA) is 17.3 Å². The van der Waals surface area contributed by atoms with E-state index in [9.17, 15) is 0 Å². The third-order valence-electron chi connectivity index (χ3n) is 8.49. The molecule has 0 bridgehead atoms. The fourth-order valence-electron chi connectivity index (χ4n) is 6.47.